The van der Waals surface area contributed by atoms with Crippen LogP contribution in [0.1, 0.15) is 53.5 Å². The highest BCUT2D eigenvalue weighted by Crippen LogP contribution is 2.36. The number of benzene rings is 1. The fourth-order valence-electron chi connectivity index (χ4n) is 2.87. The molecule has 6 nitrogen and oxygen atoms in total. The van der Waals surface area contributed by atoms with Crippen LogP contribution in [0.2, 0.25) is 0 Å². The Morgan fingerprint density at radius 2 is 1.59 bits per heavy atom. The van der Waals surface area contributed by atoms with E-state index in [-0.39, 0.29) is 11.8 Å². The van der Waals surface area contributed by atoms with Crippen molar-refractivity contribution < 1.29 is 18.9 Å². The Labute approximate surface area is 162 Å². The van der Waals surface area contributed by atoms with Gasteiger partial charge < -0.3 is 20.4 Å². The maximum absolute atomic E-state index is 12.0. The van der Waals surface area contributed by atoms with Crippen LogP contribution in [0.3, 0.4) is 0 Å². The van der Waals surface area contributed by atoms with Crippen LogP contribution in [-0.4, -0.2) is 36.2 Å². The molecule has 1 aromatic rings. The Bertz CT molecular complexity index is 670. The lowest BCUT2D eigenvalue weighted by atomic mass is 9.78. The van der Waals surface area contributed by atoms with Crippen molar-refractivity contribution in [1.29, 1.82) is 0 Å². The summed E-state index contributed by atoms with van der Waals surface area (Å²) >= 11 is 0. The van der Waals surface area contributed by atoms with Crippen LogP contribution in [0.5, 0.6) is 0 Å². The van der Waals surface area contributed by atoms with Gasteiger partial charge in [-0.1, -0.05) is 38.1 Å². The molecule has 0 aromatic heterocycles. The Balaban J connectivity index is 2.04. The molecule has 0 saturated carbocycles. The lowest BCUT2D eigenvalue weighted by Crippen LogP contribution is -2.46. The van der Waals surface area contributed by atoms with Crippen LogP contribution in [-0.2, 0) is 25.3 Å². The molecule has 1 aliphatic rings. The highest BCUT2D eigenvalue weighted by Gasteiger charge is 2.51. The Morgan fingerprint density at radius 3 is 2.04 bits per heavy atom. The highest BCUT2D eigenvalue weighted by molar-refractivity contribution is 6.62. The molecule has 0 aliphatic carbocycles. The summed E-state index contributed by atoms with van der Waals surface area (Å²) in [6.45, 7) is 12.0. The van der Waals surface area contributed by atoms with E-state index in [2.05, 4.69) is 5.32 Å². The number of nitrogens with two attached hydrogens (primary N) is 1. The lowest BCUT2D eigenvalue weighted by Gasteiger charge is -2.32. The molecule has 1 aliphatic heterocycles. The molecule has 0 unspecified atom stereocenters. The van der Waals surface area contributed by atoms with Crippen LogP contribution < -0.4 is 16.5 Å². The van der Waals surface area contributed by atoms with E-state index in [0.29, 0.717) is 12.8 Å². The van der Waals surface area contributed by atoms with E-state index in [1.807, 2.05) is 65.8 Å². The molecule has 1 aromatic carbocycles. The van der Waals surface area contributed by atoms with Crippen molar-refractivity contribution in [3.05, 3.63) is 29.8 Å². The van der Waals surface area contributed by atoms with Crippen molar-refractivity contribution in [1.82, 2.24) is 5.32 Å². The van der Waals surface area contributed by atoms with E-state index < -0.39 is 30.3 Å². The van der Waals surface area contributed by atoms with E-state index in [9.17, 15) is 9.59 Å². The topological polar surface area (TPSA) is 90.7 Å². The molecule has 1 fully saturated rings. The number of amides is 2. The number of hydrogen-bond acceptors (Lipinski definition) is 4. The number of carbonyl (C=O) groups excluding carboxylic acids is 2. The van der Waals surface area contributed by atoms with Gasteiger partial charge >= 0.3 is 7.12 Å². The first kappa shape index (κ1) is 21.4. The average Bonchev–Trinajstić information content (AvgIpc) is 2.74. The van der Waals surface area contributed by atoms with Gasteiger partial charge in [0.2, 0.25) is 11.8 Å². The van der Waals surface area contributed by atoms with Gasteiger partial charge in [0.25, 0.3) is 0 Å². The summed E-state index contributed by atoms with van der Waals surface area (Å²) in [6.07, 6.45) is 0.716. The zero-order valence-electron chi connectivity index (χ0n) is 17.2. The summed E-state index contributed by atoms with van der Waals surface area (Å²) in [7, 11) is -0.429. The second kappa shape index (κ2) is 8.03. The van der Waals surface area contributed by atoms with Gasteiger partial charge in [-0.3, -0.25) is 9.59 Å². The number of nitrogens with one attached hydrogen (secondary N) is 1. The van der Waals surface area contributed by atoms with Crippen LogP contribution in [0.25, 0.3) is 0 Å². The summed E-state index contributed by atoms with van der Waals surface area (Å²) in [5, 5.41) is 2.72. The molecule has 27 heavy (non-hydrogen) atoms. The summed E-state index contributed by atoms with van der Waals surface area (Å²) in [5.41, 5.74) is 6.49. The highest BCUT2D eigenvalue weighted by atomic mass is 16.7. The quantitative estimate of drug-likeness (QED) is 0.709. The van der Waals surface area contributed by atoms with E-state index >= 15 is 0 Å². The molecule has 3 N–H and O–H groups in total. The molecule has 1 saturated heterocycles. The van der Waals surface area contributed by atoms with Crippen LogP contribution in [0, 0.1) is 5.92 Å². The molecule has 0 radical (unpaired) electrons. The molecular formula is C20H31BN2O4. The van der Waals surface area contributed by atoms with Gasteiger partial charge in [-0.25, -0.2) is 0 Å². The van der Waals surface area contributed by atoms with Crippen molar-refractivity contribution in [2.24, 2.45) is 11.7 Å². The summed E-state index contributed by atoms with van der Waals surface area (Å²) in [5.74, 6) is -0.484. The smallest absolute Gasteiger partial charge is 0.399 e. The molecule has 2 amide bonds. The second-order valence-corrected chi connectivity index (χ2v) is 8.65. The maximum atomic E-state index is 12.0. The normalized spacial score (nSPS) is 19.1. The van der Waals surface area contributed by atoms with E-state index in [1.165, 1.54) is 0 Å². The van der Waals surface area contributed by atoms with Gasteiger partial charge in [0.15, 0.2) is 0 Å². The minimum Gasteiger partial charge on any atom is -0.399 e. The number of carbonyl (C=O) groups is 2. The second-order valence-electron chi connectivity index (χ2n) is 8.65. The van der Waals surface area contributed by atoms with Crippen molar-refractivity contribution in [2.75, 3.05) is 0 Å². The molecule has 0 spiro atoms. The van der Waals surface area contributed by atoms with Gasteiger partial charge in [0.05, 0.1) is 11.2 Å². The van der Waals surface area contributed by atoms with Crippen molar-refractivity contribution in [3.8, 4) is 0 Å². The largest absolute Gasteiger partial charge is 0.494 e. The first-order valence-electron chi connectivity index (χ1n) is 9.44. The lowest BCUT2D eigenvalue weighted by molar-refractivity contribution is -0.127. The summed E-state index contributed by atoms with van der Waals surface area (Å²) in [6, 6.07) is 6.94. The number of hydrogen-bond donors (Lipinski definition) is 2. The Hall–Kier alpha value is -1.86. The fourth-order valence-corrected chi connectivity index (χ4v) is 2.87. The molecule has 2 rings (SSSR count). The number of primary amides is 1. The minimum absolute atomic E-state index is 0.164. The first-order chi connectivity index (χ1) is 12.4. The predicted molar refractivity (Wildman–Crippen MR) is 106 cm³/mol. The van der Waals surface area contributed by atoms with Crippen molar-refractivity contribution in [2.45, 2.75) is 71.6 Å². The SMILES string of the molecule is CC(C)CC(=O)N[C@@H](Cc1ccc(B2OC(C)(C)C(C)(C)O2)cc1)C(N)=O. The van der Waals surface area contributed by atoms with Gasteiger partial charge in [0.1, 0.15) is 6.04 Å². The first-order valence-corrected chi connectivity index (χ1v) is 9.44. The monoisotopic (exact) mass is 374 g/mol. The van der Waals surface area contributed by atoms with Gasteiger partial charge in [-0.05, 0) is 44.6 Å². The number of rotatable bonds is 7. The maximum Gasteiger partial charge on any atom is 0.494 e. The zero-order valence-corrected chi connectivity index (χ0v) is 17.2. The predicted octanol–water partition coefficient (Wildman–Crippen LogP) is 1.54. The van der Waals surface area contributed by atoms with Crippen molar-refractivity contribution >= 4 is 24.4 Å². The van der Waals surface area contributed by atoms with Gasteiger partial charge in [-0.15, -0.1) is 0 Å². The van der Waals surface area contributed by atoms with Gasteiger partial charge in [-0.2, -0.15) is 0 Å². The average molecular weight is 374 g/mol. The molecule has 1 heterocycles. The summed E-state index contributed by atoms with van der Waals surface area (Å²) < 4.78 is 12.1. The third-order valence-electron chi connectivity index (χ3n) is 5.22. The van der Waals surface area contributed by atoms with Crippen LogP contribution in [0.15, 0.2) is 24.3 Å². The van der Waals surface area contributed by atoms with Crippen molar-refractivity contribution in [3.63, 3.8) is 0 Å². The summed E-state index contributed by atoms with van der Waals surface area (Å²) in [4.78, 5) is 23.7. The van der Waals surface area contributed by atoms with E-state index in [4.69, 9.17) is 15.0 Å². The van der Waals surface area contributed by atoms with Crippen LogP contribution >= 0.6 is 0 Å². The van der Waals surface area contributed by atoms with Gasteiger partial charge in [0, 0.05) is 12.8 Å². The third kappa shape index (κ3) is 5.33. The fraction of sp³-hybridized carbons (Fsp3) is 0.600. The molecular weight excluding hydrogens is 343 g/mol. The molecule has 148 valence electrons. The Morgan fingerprint density at radius 1 is 1.07 bits per heavy atom. The molecule has 1 atom stereocenters. The van der Waals surface area contributed by atoms with E-state index in [0.717, 1.165) is 11.0 Å². The minimum atomic E-state index is -0.723. The van der Waals surface area contributed by atoms with Crippen LogP contribution in [0.4, 0.5) is 0 Å². The Kier molecular flexibility index (Phi) is 6.37. The zero-order chi connectivity index (χ0) is 20.4. The standard InChI is InChI=1S/C20H31BN2O4/c1-13(2)11-17(24)23-16(18(22)25)12-14-7-9-15(10-8-14)21-26-19(3,4)20(5,6)27-21/h7-10,13,16H,11-12H2,1-6H3,(H2,22,25)(H,23,24)/t16-/m0/s1. The van der Waals surface area contributed by atoms with E-state index in [1.54, 1.807) is 0 Å². The molecule has 0 bridgehead atoms. The molecule has 7 heteroatoms. The third-order valence-corrected chi connectivity index (χ3v) is 5.22.